The molecular formula is C51H30N4S. The normalized spacial score (nSPS) is 11.9. The molecule has 3 heterocycles. The molecule has 260 valence electrons. The van der Waals surface area contributed by atoms with E-state index in [-0.39, 0.29) is 0 Å². The van der Waals surface area contributed by atoms with Gasteiger partial charge in [-0.2, -0.15) is 9.97 Å². The van der Waals surface area contributed by atoms with Gasteiger partial charge < -0.3 is 0 Å². The van der Waals surface area contributed by atoms with Crippen molar-refractivity contribution in [3.63, 3.8) is 0 Å². The smallest absolute Gasteiger partial charge is 0.238 e. The van der Waals surface area contributed by atoms with Crippen LogP contribution in [0.15, 0.2) is 182 Å². The van der Waals surface area contributed by atoms with E-state index in [0.29, 0.717) is 17.6 Å². The Morgan fingerprint density at radius 2 is 0.893 bits per heavy atom. The maximum Gasteiger partial charge on any atom is 0.238 e. The SMILES string of the molecule is c1ccc2cc(-c3nc(-c4ccc5ccccc5c4)nc(-n4c5c(-c6cccc7c6sc6ccccc67)cccc5c5ccc6ccccc6c54)n3)ccc2c1. The molecule has 3 aromatic heterocycles. The first-order valence-corrected chi connectivity index (χ1v) is 19.7. The summed E-state index contributed by atoms with van der Waals surface area (Å²) in [7, 11) is 0. The molecule has 9 aromatic carbocycles. The van der Waals surface area contributed by atoms with Crippen LogP contribution in [0.4, 0.5) is 0 Å². The predicted octanol–water partition coefficient (Wildman–Crippen LogP) is 13.8. The Morgan fingerprint density at radius 1 is 0.357 bits per heavy atom. The van der Waals surface area contributed by atoms with Gasteiger partial charge in [0.15, 0.2) is 11.6 Å². The number of benzene rings is 9. The number of fused-ring (bicyclic) bond motifs is 10. The first kappa shape index (κ1) is 31.2. The number of hydrogen-bond acceptors (Lipinski definition) is 4. The summed E-state index contributed by atoms with van der Waals surface area (Å²) < 4.78 is 4.86. The minimum atomic E-state index is 0.582. The van der Waals surface area contributed by atoms with Crippen molar-refractivity contribution in [2.24, 2.45) is 0 Å². The Morgan fingerprint density at radius 3 is 1.61 bits per heavy atom. The monoisotopic (exact) mass is 730 g/mol. The number of para-hydroxylation sites is 1. The molecule has 0 saturated carbocycles. The molecule has 0 fully saturated rings. The highest BCUT2D eigenvalue weighted by atomic mass is 32.1. The Balaban J connectivity index is 1.22. The lowest BCUT2D eigenvalue weighted by atomic mass is 9.99. The fraction of sp³-hybridized carbons (Fsp3) is 0. The molecule has 4 nitrogen and oxygen atoms in total. The maximum atomic E-state index is 5.42. The van der Waals surface area contributed by atoms with Crippen molar-refractivity contribution in [2.75, 3.05) is 0 Å². The molecular weight excluding hydrogens is 701 g/mol. The minimum Gasteiger partial charge on any atom is -0.277 e. The fourth-order valence-corrected chi connectivity index (χ4v) is 9.81. The van der Waals surface area contributed by atoms with E-state index in [1.165, 1.54) is 36.5 Å². The highest BCUT2D eigenvalue weighted by Gasteiger charge is 2.23. The van der Waals surface area contributed by atoms with Gasteiger partial charge in [-0.05, 0) is 45.1 Å². The Hall–Kier alpha value is -7.21. The average molecular weight is 731 g/mol. The van der Waals surface area contributed by atoms with Crippen molar-refractivity contribution in [3.8, 4) is 39.9 Å². The van der Waals surface area contributed by atoms with Gasteiger partial charge in [-0.15, -0.1) is 11.3 Å². The van der Waals surface area contributed by atoms with Crippen molar-refractivity contribution in [3.05, 3.63) is 182 Å². The summed E-state index contributed by atoms with van der Waals surface area (Å²) >= 11 is 1.85. The van der Waals surface area contributed by atoms with Crippen LogP contribution in [0.25, 0.3) is 114 Å². The van der Waals surface area contributed by atoms with Gasteiger partial charge in [0.2, 0.25) is 5.95 Å². The van der Waals surface area contributed by atoms with Crippen molar-refractivity contribution in [1.82, 2.24) is 19.5 Å². The fourth-order valence-electron chi connectivity index (χ4n) is 8.58. The molecule has 0 bridgehead atoms. The molecule has 0 atom stereocenters. The average Bonchev–Trinajstić information content (AvgIpc) is 3.82. The molecule has 5 heteroatoms. The molecule has 12 aromatic rings. The third kappa shape index (κ3) is 4.75. The van der Waals surface area contributed by atoms with Gasteiger partial charge in [-0.25, -0.2) is 4.98 Å². The van der Waals surface area contributed by atoms with Crippen molar-refractivity contribution in [2.45, 2.75) is 0 Å². The predicted molar refractivity (Wildman–Crippen MR) is 236 cm³/mol. The van der Waals surface area contributed by atoms with Crippen LogP contribution in [-0.2, 0) is 0 Å². The van der Waals surface area contributed by atoms with E-state index >= 15 is 0 Å². The highest BCUT2D eigenvalue weighted by Crippen LogP contribution is 2.45. The van der Waals surface area contributed by atoms with E-state index in [9.17, 15) is 0 Å². The van der Waals surface area contributed by atoms with Gasteiger partial charge in [0.25, 0.3) is 0 Å². The third-order valence-corrected chi connectivity index (χ3v) is 12.4. The van der Waals surface area contributed by atoms with Gasteiger partial charge in [0.1, 0.15) is 0 Å². The summed E-state index contributed by atoms with van der Waals surface area (Å²) in [5.41, 5.74) is 6.37. The molecule has 56 heavy (non-hydrogen) atoms. The van der Waals surface area contributed by atoms with Crippen LogP contribution < -0.4 is 0 Å². The molecule has 0 aliphatic heterocycles. The summed E-state index contributed by atoms with van der Waals surface area (Å²) in [5.74, 6) is 1.84. The lowest BCUT2D eigenvalue weighted by Gasteiger charge is -2.14. The summed E-state index contributed by atoms with van der Waals surface area (Å²) in [4.78, 5) is 16.1. The summed E-state index contributed by atoms with van der Waals surface area (Å²) in [6.07, 6.45) is 0. The van der Waals surface area contributed by atoms with Crippen LogP contribution in [0.5, 0.6) is 0 Å². The summed E-state index contributed by atoms with van der Waals surface area (Å²) in [5, 5.41) is 11.8. The lowest BCUT2D eigenvalue weighted by Crippen LogP contribution is -2.07. The number of hydrogen-bond donors (Lipinski definition) is 0. The second-order valence-electron chi connectivity index (χ2n) is 14.4. The molecule has 0 radical (unpaired) electrons. The van der Waals surface area contributed by atoms with E-state index in [2.05, 4.69) is 187 Å². The van der Waals surface area contributed by atoms with E-state index in [1.54, 1.807) is 0 Å². The standard InChI is InChI=1S/C51H30N4S/c1-3-14-34-29-36(25-23-31(34)11-1)49-52-50(37-26-24-32-12-2-4-15-35(32)30-37)54-51(53-49)55-46-38-16-6-5-13-33(38)27-28-42(46)40-18-9-19-41(47(40)55)44-21-10-20-43-39-17-7-8-22-45(39)56-48(43)44/h1-30H. The number of aromatic nitrogens is 4. The zero-order valence-corrected chi connectivity index (χ0v) is 30.8. The molecule has 0 spiro atoms. The van der Waals surface area contributed by atoms with Crippen LogP contribution in [0.3, 0.4) is 0 Å². The lowest BCUT2D eigenvalue weighted by molar-refractivity contribution is 0.956. The molecule has 0 N–H and O–H groups in total. The second-order valence-corrected chi connectivity index (χ2v) is 15.5. The van der Waals surface area contributed by atoms with Crippen molar-refractivity contribution >= 4 is 85.6 Å². The van der Waals surface area contributed by atoms with Gasteiger partial charge in [0.05, 0.1) is 11.0 Å². The number of nitrogens with zero attached hydrogens (tertiary/aromatic N) is 4. The topological polar surface area (TPSA) is 43.6 Å². The molecule has 0 aliphatic rings. The Bertz CT molecular complexity index is 3460. The van der Waals surface area contributed by atoms with Crippen LogP contribution in [0.2, 0.25) is 0 Å². The molecule has 0 amide bonds. The number of rotatable bonds is 4. The second kappa shape index (κ2) is 12.2. The molecule has 0 unspecified atom stereocenters. The molecule has 0 aliphatic carbocycles. The zero-order valence-electron chi connectivity index (χ0n) is 30.0. The van der Waals surface area contributed by atoms with Crippen LogP contribution in [-0.4, -0.2) is 19.5 Å². The van der Waals surface area contributed by atoms with Gasteiger partial charge in [0, 0.05) is 58.6 Å². The van der Waals surface area contributed by atoms with Crippen LogP contribution in [0.1, 0.15) is 0 Å². The van der Waals surface area contributed by atoms with Gasteiger partial charge in [-0.1, -0.05) is 164 Å². The van der Waals surface area contributed by atoms with E-state index in [1.807, 2.05) is 11.3 Å². The minimum absolute atomic E-state index is 0.582. The highest BCUT2D eigenvalue weighted by molar-refractivity contribution is 7.26. The van der Waals surface area contributed by atoms with Crippen molar-refractivity contribution < 1.29 is 0 Å². The van der Waals surface area contributed by atoms with Crippen LogP contribution >= 0.6 is 11.3 Å². The number of thiophene rings is 1. The summed E-state index contributed by atoms with van der Waals surface area (Å²) in [6, 6.07) is 65.0. The summed E-state index contributed by atoms with van der Waals surface area (Å²) in [6.45, 7) is 0. The van der Waals surface area contributed by atoms with Gasteiger partial charge in [-0.3, -0.25) is 4.57 Å². The Labute approximate surface area is 325 Å². The maximum absolute atomic E-state index is 5.42. The van der Waals surface area contributed by atoms with Crippen LogP contribution in [0, 0.1) is 0 Å². The first-order chi connectivity index (χ1) is 27.7. The quantitative estimate of drug-likeness (QED) is 0.181. The third-order valence-electron chi connectivity index (χ3n) is 11.2. The molecule has 0 saturated heterocycles. The zero-order chi connectivity index (χ0) is 36.7. The van der Waals surface area contributed by atoms with Crippen molar-refractivity contribution in [1.29, 1.82) is 0 Å². The van der Waals surface area contributed by atoms with E-state index in [4.69, 9.17) is 15.0 Å². The van der Waals surface area contributed by atoms with E-state index in [0.717, 1.165) is 60.0 Å². The Kier molecular flexibility index (Phi) is 6.76. The largest absolute Gasteiger partial charge is 0.277 e. The molecule has 12 rings (SSSR count). The van der Waals surface area contributed by atoms with Gasteiger partial charge >= 0.3 is 0 Å². The first-order valence-electron chi connectivity index (χ1n) is 18.9. The van der Waals surface area contributed by atoms with E-state index < -0.39 is 0 Å².